The first-order valence-corrected chi connectivity index (χ1v) is 5.38. The summed E-state index contributed by atoms with van der Waals surface area (Å²) in [5.41, 5.74) is 3.08. The van der Waals surface area contributed by atoms with Gasteiger partial charge >= 0.3 is 0 Å². The lowest BCUT2D eigenvalue weighted by Crippen LogP contribution is -2.20. The molecule has 1 atom stereocenters. The van der Waals surface area contributed by atoms with Gasteiger partial charge in [0.15, 0.2) is 0 Å². The maximum Gasteiger partial charge on any atom is 0.0794 e. The molecule has 0 saturated carbocycles. The van der Waals surface area contributed by atoms with E-state index in [9.17, 15) is 0 Å². The summed E-state index contributed by atoms with van der Waals surface area (Å²) in [7, 11) is 0. The Morgan fingerprint density at radius 1 is 1.77 bits per heavy atom. The van der Waals surface area contributed by atoms with Crippen molar-refractivity contribution in [3.63, 3.8) is 0 Å². The topological polar surface area (TPSA) is 24.9 Å². The lowest BCUT2D eigenvalue weighted by Gasteiger charge is -2.15. The first kappa shape index (κ1) is 10.4. The summed E-state index contributed by atoms with van der Waals surface area (Å²) >= 11 is 1.70. The van der Waals surface area contributed by atoms with E-state index in [1.807, 2.05) is 11.7 Å². The number of aromatic nitrogens is 1. The Kier molecular flexibility index (Phi) is 4.12. The summed E-state index contributed by atoms with van der Waals surface area (Å²) in [6, 6.07) is 0.398. The van der Waals surface area contributed by atoms with E-state index in [1.54, 1.807) is 11.3 Å². The molecule has 0 aliphatic heterocycles. The average molecular weight is 196 g/mol. The molecule has 1 unspecified atom stereocenters. The zero-order chi connectivity index (χ0) is 9.68. The predicted octanol–water partition coefficient (Wildman–Crippen LogP) is 2.76. The van der Waals surface area contributed by atoms with Crippen LogP contribution in [0.3, 0.4) is 0 Å². The number of rotatable bonds is 5. The van der Waals surface area contributed by atoms with E-state index in [4.69, 9.17) is 0 Å². The Bertz CT molecular complexity index is 254. The van der Waals surface area contributed by atoms with Crippen LogP contribution in [-0.2, 0) is 0 Å². The van der Waals surface area contributed by atoms with Crippen LogP contribution in [0.4, 0.5) is 0 Å². The molecule has 1 N–H and O–H groups in total. The van der Waals surface area contributed by atoms with Crippen LogP contribution < -0.4 is 5.32 Å². The molecule has 72 valence electrons. The van der Waals surface area contributed by atoms with Crippen LogP contribution in [0.15, 0.2) is 23.9 Å². The third-order valence-electron chi connectivity index (χ3n) is 1.80. The monoisotopic (exact) mass is 196 g/mol. The zero-order valence-electron chi connectivity index (χ0n) is 8.21. The van der Waals surface area contributed by atoms with Gasteiger partial charge in [0.1, 0.15) is 0 Å². The molecule has 0 bridgehead atoms. The number of thiazole rings is 1. The van der Waals surface area contributed by atoms with Crippen LogP contribution in [-0.4, -0.2) is 11.5 Å². The van der Waals surface area contributed by atoms with Crippen LogP contribution in [0.2, 0.25) is 0 Å². The van der Waals surface area contributed by atoms with Gasteiger partial charge in [0.2, 0.25) is 0 Å². The van der Waals surface area contributed by atoms with Crippen molar-refractivity contribution >= 4 is 11.3 Å². The molecule has 2 nitrogen and oxygen atoms in total. The Hall–Kier alpha value is -0.670. The molecule has 0 aliphatic rings. The van der Waals surface area contributed by atoms with Gasteiger partial charge in [-0.05, 0) is 19.9 Å². The van der Waals surface area contributed by atoms with Gasteiger partial charge in [-0.25, -0.2) is 0 Å². The molecule has 0 radical (unpaired) electrons. The molecule has 3 heteroatoms. The lowest BCUT2D eigenvalue weighted by atomic mass is 10.1. The summed E-state index contributed by atoms with van der Waals surface area (Å²) in [6.07, 6.45) is 2.93. The largest absolute Gasteiger partial charge is 0.309 e. The second kappa shape index (κ2) is 5.14. The zero-order valence-corrected chi connectivity index (χ0v) is 9.03. The van der Waals surface area contributed by atoms with Crippen molar-refractivity contribution in [1.82, 2.24) is 10.3 Å². The van der Waals surface area contributed by atoms with E-state index in [2.05, 4.69) is 30.7 Å². The van der Waals surface area contributed by atoms with E-state index in [-0.39, 0.29) is 0 Å². The first-order chi connectivity index (χ1) is 6.24. The quantitative estimate of drug-likeness (QED) is 0.732. The Balaban J connectivity index is 2.62. The van der Waals surface area contributed by atoms with Crippen molar-refractivity contribution < 1.29 is 0 Å². The Morgan fingerprint density at radius 2 is 2.54 bits per heavy atom. The molecule has 1 rings (SSSR count). The summed E-state index contributed by atoms with van der Waals surface area (Å²) in [6.45, 7) is 9.09. The molecule has 1 aromatic heterocycles. The van der Waals surface area contributed by atoms with E-state index in [1.165, 1.54) is 10.5 Å². The van der Waals surface area contributed by atoms with Crippen LogP contribution >= 0.6 is 11.3 Å². The molecule has 13 heavy (non-hydrogen) atoms. The maximum atomic E-state index is 4.08. The van der Waals surface area contributed by atoms with E-state index in [0.717, 1.165) is 13.0 Å². The third kappa shape index (κ3) is 3.28. The molecule has 1 aromatic rings. The minimum atomic E-state index is 0.398. The van der Waals surface area contributed by atoms with Crippen LogP contribution in [0.5, 0.6) is 0 Å². The second-order valence-corrected chi connectivity index (χ2v) is 4.09. The number of nitrogens with zero attached hydrogens (tertiary/aromatic N) is 1. The number of hydrogen-bond acceptors (Lipinski definition) is 3. The number of hydrogen-bond donors (Lipinski definition) is 1. The van der Waals surface area contributed by atoms with Gasteiger partial charge in [-0.2, -0.15) is 0 Å². The third-order valence-corrected chi connectivity index (χ3v) is 2.69. The lowest BCUT2D eigenvalue weighted by molar-refractivity contribution is 0.556. The highest BCUT2D eigenvalue weighted by Crippen LogP contribution is 2.22. The first-order valence-electron chi connectivity index (χ1n) is 4.50. The summed E-state index contributed by atoms with van der Waals surface area (Å²) < 4.78 is 0. The molecule has 0 spiro atoms. The minimum absolute atomic E-state index is 0.398. The van der Waals surface area contributed by atoms with Gasteiger partial charge in [-0.15, -0.1) is 17.9 Å². The fourth-order valence-corrected chi connectivity index (χ4v) is 1.96. The number of nitrogens with one attached hydrogen (secondary N) is 1. The van der Waals surface area contributed by atoms with E-state index < -0.39 is 0 Å². The van der Waals surface area contributed by atoms with Crippen LogP contribution in [0, 0.1) is 0 Å². The van der Waals surface area contributed by atoms with Gasteiger partial charge in [0.25, 0.3) is 0 Å². The summed E-state index contributed by atoms with van der Waals surface area (Å²) in [5, 5.41) is 3.43. The van der Waals surface area contributed by atoms with Crippen molar-refractivity contribution in [3.8, 4) is 0 Å². The van der Waals surface area contributed by atoms with Gasteiger partial charge in [-0.1, -0.05) is 12.5 Å². The predicted molar refractivity (Wildman–Crippen MR) is 58.0 cm³/mol. The highest BCUT2D eigenvalue weighted by Gasteiger charge is 2.11. The van der Waals surface area contributed by atoms with Gasteiger partial charge in [0, 0.05) is 17.1 Å². The normalized spacial score (nSPS) is 12.8. The van der Waals surface area contributed by atoms with E-state index >= 15 is 0 Å². The highest BCUT2D eigenvalue weighted by atomic mass is 32.1. The molecule has 0 saturated heterocycles. The highest BCUT2D eigenvalue weighted by molar-refractivity contribution is 7.09. The molecule has 0 aromatic carbocycles. The fourth-order valence-electron chi connectivity index (χ4n) is 1.27. The van der Waals surface area contributed by atoms with Gasteiger partial charge < -0.3 is 5.32 Å². The van der Waals surface area contributed by atoms with Gasteiger partial charge in [-0.3, -0.25) is 4.98 Å². The van der Waals surface area contributed by atoms with Crippen molar-refractivity contribution in [3.05, 3.63) is 28.7 Å². The standard InChI is InChI=1S/C10H16N2S/c1-4-12-9(5-8(2)3)10-6-11-7-13-10/h6-7,9,12H,2,4-5H2,1,3H3. The molecule has 0 aliphatic carbocycles. The summed E-state index contributed by atoms with van der Waals surface area (Å²) in [5.74, 6) is 0. The molecular weight excluding hydrogens is 180 g/mol. The maximum absolute atomic E-state index is 4.08. The fraction of sp³-hybridized carbons (Fsp3) is 0.500. The summed E-state index contributed by atoms with van der Waals surface area (Å²) in [4.78, 5) is 5.38. The Morgan fingerprint density at radius 3 is 3.00 bits per heavy atom. The minimum Gasteiger partial charge on any atom is -0.309 e. The van der Waals surface area contributed by atoms with Crippen molar-refractivity contribution in [1.29, 1.82) is 0 Å². The van der Waals surface area contributed by atoms with Crippen LogP contribution in [0.1, 0.15) is 31.2 Å². The van der Waals surface area contributed by atoms with Crippen LogP contribution in [0.25, 0.3) is 0 Å². The van der Waals surface area contributed by atoms with Gasteiger partial charge in [0.05, 0.1) is 5.51 Å². The van der Waals surface area contributed by atoms with Crippen molar-refractivity contribution in [2.45, 2.75) is 26.3 Å². The molecular formula is C10H16N2S. The SMILES string of the molecule is C=C(C)CC(NCC)c1cncs1. The Labute approximate surface area is 83.7 Å². The molecule has 0 fully saturated rings. The second-order valence-electron chi connectivity index (χ2n) is 3.18. The molecule has 0 amide bonds. The average Bonchev–Trinajstić information content (AvgIpc) is 2.54. The van der Waals surface area contributed by atoms with Crippen molar-refractivity contribution in [2.75, 3.05) is 6.54 Å². The van der Waals surface area contributed by atoms with Crippen molar-refractivity contribution in [2.24, 2.45) is 0 Å². The molecule has 1 heterocycles. The smallest absolute Gasteiger partial charge is 0.0794 e. The van der Waals surface area contributed by atoms with E-state index in [0.29, 0.717) is 6.04 Å².